The van der Waals surface area contributed by atoms with Crippen LogP contribution in [-0.2, 0) is 11.3 Å². The van der Waals surface area contributed by atoms with Crippen LogP contribution >= 0.6 is 0 Å². The summed E-state index contributed by atoms with van der Waals surface area (Å²) in [5, 5.41) is 3.54. The van der Waals surface area contributed by atoms with Crippen molar-refractivity contribution in [3.05, 3.63) is 70.4 Å². The Labute approximate surface area is 138 Å². The standard InChI is InChI=1S/C18H18N2O4/c21-17-11-15(14-6-1-2-7-16(14)20-17)18(22)19-8-4-9-23-12-13-5-3-10-24-13/h1-3,5-7,10-11H,4,8-9,12H2,(H,19,22)(H,20,21). The fraction of sp³-hybridized carbons (Fsp3) is 0.222. The van der Waals surface area contributed by atoms with Gasteiger partial charge in [-0.3, -0.25) is 9.59 Å². The van der Waals surface area contributed by atoms with Crippen molar-refractivity contribution in [3.8, 4) is 0 Å². The molecule has 3 rings (SSSR count). The van der Waals surface area contributed by atoms with Crippen molar-refractivity contribution in [2.45, 2.75) is 13.0 Å². The summed E-state index contributed by atoms with van der Waals surface area (Å²) in [6.45, 7) is 1.40. The van der Waals surface area contributed by atoms with E-state index in [1.165, 1.54) is 6.07 Å². The maximum atomic E-state index is 12.3. The maximum Gasteiger partial charge on any atom is 0.252 e. The summed E-state index contributed by atoms with van der Waals surface area (Å²) in [5.41, 5.74) is 0.739. The van der Waals surface area contributed by atoms with Crippen LogP contribution in [0.2, 0.25) is 0 Å². The zero-order valence-corrected chi connectivity index (χ0v) is 13.1. The molecule has 124 valence electrons. The molecule has 0 aliphatic carbocycles. The lowest BCUT2D eigenvalue weighted by Crippen LogP contribution is -2.26. The fourth-order valence-electron chi connectivity index (χ4n) is 2.43. The molecule has 6 heteroatoms. The molecule has 0 atom stereocenters. The van der Waals surface area contributed by atoms with Crippen LogP contribution in [-0.4, -0.2) is 24.0 Å². The quantitative estimate of drug-likeness (QED) is 0.653. The highest BCUT2D eigenvalue weighted by Crippen LogP contribution is 2.14. The minimum absolute atomic E-state index is 0.261. The second-order valence-corrected chi connectivity index (χ2v) is 5.33. The van der Waals surface area contributed by atoms with Crippen molar-refractivity contribution < 1.29 is 13.9 Å². The molecule has 0 spiro atoms. The molecule has 1 aromatic carbocycles. The first kappa shape index (κ1) is 16.0. The van der Waals surface area contributed by atoms with Gasteiger partial charge >= 0.3 is 0 Å². The van der Waals surface area contributed by atoms with Crippen LogP contribution < -0.4 is 10.9 Å². The molecule has 2 aromatic heterocycles. The van der Waals surface area contributed by atoms with Crippen LogP contribution in [0.25, 0.3) is 10.9 Å². The van der Waals surface area contributed by atoms with Crippen molar-refractivity contribution in [3.63, 3.8) is 0 Å². The lowest BCUT2D eigenvalue weighted by molar-refractivity contribution is 0.0918. The largest absolute Gasteiger partial charge is 0.467 e. The molecule has 0 saturated carbocycles. The van der Waals surface area contributed by atoms with Crippen molar-refractivity contribution in [1.29, 1.82) is 0 Å². The van der Waals surface area contributed by atoms with Crippen molar-refractivity contribution in [2.75, 3.05) is 13.2 Å². The molecule has 6 nitrogen and oxygen atoms in total. The van der Waals surface area contributed by atoms with E-state index in [0.717, 1.165) is 11.1 Å². The minimum atomic E-state index is -0.291. The number of rotatable bonds is 7. The number of hydrogen-bond acceptors (Lipinski definition) is 4. The van der Waals surface area contributed by atoms with E-state index < -0.39 is 0 Å². The minimum Gasteiger partial charge on any atom is -0.467 e. The summed E-state index contributed by atoms with van der Waals surface area (Å²) in [5.74, 6) is 0.511. The second kappa shape index (κ2) is 7.61. The van der Waals surface area contributed by atoms with Gasteiger partial charge in [0.2, 0.25) is 5.56 Å². The van der Waals surface area contributed by atoms with Gasteiger partial charge in [0.1, 0.15) is 12.4 Å². The Kier molecular flexibility index (Phi) is 5.08. The van der Waals surface area contributed by atoms with Crippen LogP contribution in [0.3, 0.4) is 0 Å². The number of furan rings is 1. The van der Waals surface area contributed by atoms with E-state index in [4.69, 9.17) is 9.15 Å². The first-order chi connectivity index (χ1) is 11.7. The predicted molar refractivity (Wildman–Crippen MR) is 89.9 cm³/mol. The Balaban J connectivity index is 1.51. The number of aromatic nitrogens is 1. The number of amides is 1. The lowest BCUT2D eigenvalue weighted by atomic mass is 10.1. The van der Waals surface area contributed by atoms with Crippen LogP contribution in [0, 0.1) is 0 Å². The van der Waals surface area contributed by atoms with Crippen molar-refractivity contribution in [2.24, 2.45) is 0 Å². The number of ether oxygens (including phenoxy) is 1. The van der Waals surface area contributed by atoms with Gasteiger partial charge in [0.15, 0.2) is 0 Å². The van der Waals surface area contributed by atoms with Gasteiger partial charge in [-0.2, -0.15) is 0 Å². The summed E-state index contributed by atoms with van der Waals surface area (Å²) < 4.78 is 10.6. The van der Waals surface area contributed by atoms with Crippen LogP contribution in [0.5, 0.6) is 0 Å². The Hall–Kier alpha value is -2.86. The molecule has 0 saturated heterocycles. The average molecular weight is 326 g/mol. The number of nitrogens with one attached hydrogen (secondary N) is 2. The summed E-state index contributed by atoms with van der Waals surface area (Å²) in [7, 11) is 0. The number of carbonyl (C=O) groups excluding carboxylic acids is 1. The maximum absolute atomic E-state index is 12.3. The van der Waals surface area contributed by atoms with Gasteiger partial charge in [0.05, 0.1) is 11.8 Å². The molecular weight excluding hydrogens is 308 g/mol. The molecular formula is C18H18N2O4. The summed E-state index contributed by atoms with van der Waals surface area (Å²) in [6, 6.07) is 12.2. The molecule has 0 unspecified atom stereocenters. The Bertz CT molecular complexity index is 868. The van der Waals surface area contributed by atoms with E-state index in [1.807, 2.05) is 30.3 Å². The van der Waals surface area contributed by atoms with Gasteiger partial charge in [-0.1, -0.05) is 18.2 Å². The van der Waals surface area contributed by atoms with Gasteiger partial charge in [-0.05, 0) is 24.6 Å². The average Bonchev–Trinajstić information content (AvgIpc) is 3.10. The fourth-order valence-corrected chi connectivity index (χ4v) is 2.43. The molecule has 0 bridgehead atoms. The summed E-state index contributed by atoms with van der Waals surface area (Å²) >= 11 is 0. The van der Waals surface area contributed by atoms with Gasteiger partial charge < -0.3 is 19.5 Å². The monoisotopic (exact) mass is 326 g/mol. The Morgan fingerprint density at radius 1 is 1.21 bits per heavy atom. The number of carbonyl (C=O) groups is 1. The molecule has 0 radical (unpaired) electrons. The number of benzene rings is 1. The predicted octanol–water partition coefficient (Wildman–Crippen LogP) is 2.46. The highest BCUT2D eigenvalue weighted by molar-refractivity contribution is 6.05. The first-order valence-corrected chi connectivity index (χ1v) is 7.74. The smallest absolute Gasteiger partial charge is 0.252 e. The lowest BCUT2D eigenvalue weighted by Gasteiger charge is -2.08. The van der Waals surface area contributed by atoms with Crippen molar-refractivity contribution in [1.82, 2.24) is 10.3 Å². The van der Waals surface area contributed by atoms with E-state index in [2.05, 4.69) is 10.3 Å². The number of pyridine rings is 1. The third-order valence-electron chi connectivity index (χ3n) is 3.57. The zero-order chi connectivity index (χ0) is 16.8. The SMILES string of the molecule is O=C(NCCCOCc1ccco1)c1cc(=O)[nH]c2ccccc12. The van der Waals surface area contributed by atoms with E-state index in [1.54, 1.807) is 12.3 Å². The molecule has 3 aromatic rings. The Morgan fingerprint density at radius 3 is 2.92 bits per heavy atom. The van der Waals surface area contributed by atoms with E-state index in [9.17, 15) is 9.59 Å². The third kappa shape index (κ3) is 3.91. The first-order valence-electron chi connectivity index (χ1n) is 7.74. The van der Waals surface area contributed by atoms with Gasteiger partial charge in [-0.15, -0.1) is 0 Å². The number of para-hydroxylation sites is 1. The highest BCUT2D eigenvalue weighted by atomic mass is 16.5. The topological polar surface area (TPSA) is 84.3 Å². The molecule has 2 heterocycles. The number of H-pyrrole nitrogens is 1. The van der Waals surface area contributed by atoms with E-state index in [0.29, 0.717) is 37.3 Å². The molecule has 1 amide bonds. The summed E-state index contributed by atoms with van der Waals surface area (Å²) in [6.07, 6.45) is 2.28. The van der Waals surface area contributed by atoms with Crippen molar-refractivity contribution >= 4 is 16.8 Å². The van der Waals surface area contributed by atoms with Crippen LogP contribution in [0.1, 0.15) is 22.5 Å². The van der Waals surface area contributed by atoms with Crippen LogP contribution in [0.15, 0.2) is 57.9 Å². The molecule has 0 aliphatic rings. The van der Waals surface area contributed by atoms with Gasteiger partial charge in [-0.25, -0.2) is 0 Å². The molecule has 24 heavy (non-hydrogen) atoms. The highest BCUT2D eigenvalue weighted by Gasteiger charge is 2.10. The number of hydrogen-bond donors (Lipinski definition) is 2. The summed E-state index contributed by atoms with van der Waals surface area (Å²) in [4.78, 5) is 26.7. The molecule has 0 aliphatic heterocycles. The normalized spacial score (nSPS) is 10.8. The van der Waals surface area contributed by atoms with Gasteiger partial charge in [0.25, 0.3) is 5.91 Å². The molecule has 2 N–H and O–H groups in total. The third-order valence-corrected chi connectivity index (χ3v) is 3.57. The number of aromatic amines is 1. The zero-order valence-electron chi connectivity index (χ0n) is 13.1. The van der Waals surface area contributed by atoms with E-state index >= 15 is 0 Å². The van der Waals surface area contributed by atoms with Gasteiger partial charge in [0, 0.05) is 30.1 Å². The molecule has 0 fully saturated rings. The number of fused-ring (bicyclic) bond motifs is 1. The Morgan fingerprint density at radius 2 is 2.08 bits per heavy atom. The second-order valence-electron chi connectivity index (χ2n) is 5.33. The van der Waals surface area contributed by atoms with E-state index in [-0.39, 0.29) is 11.5 Å². The van der Waals surface area contributed by atoms with Crippen LogP contribution in [0.4, 0.5) is 0 Å².